The van der Waals surface area contributed by atoms with Crippen LogP contribution in [-0.2, 0) is 6.42 Å². The molecule has 0 saturated heterocycles. The quantitative estimate of drug-likeness (QED) is 0.802. The zero-order valence-corrected chi connectivity index (χ0v) is 15.7. The molecule has 5 heteroatoms. The summed E-state index contributed by atoms with van der Waals surface area (Å²) >= 11 is 5.16. The third kappa shape index (κ3) is 6.93. The molecule has 2 N–H and O–H groups in total. The molecular weight excluding hydrogens is 332 g/mol. The molecular formula is C20H24N2O2S. The van der Waals surface area contributed by atoms with Crippen molar-refractivity contribution in [2.45, 2.75) is 32.7 Å². The topological polar surface area (TPSA) is 50.4 Å². The van der Waals surface area contributed by atoms with E-state index in [1.165, 1.54) is 5.56 Å². The fourth-order valence-corrected chi connectivity index (χ4v) is 2.60. The van der Waals surface area contributed by atoms with Crippen molar-refractivity contribution in [2.75, 3.05) is 6.61 Å². The molecule has 0 aliphatic rings. The lowest BCUT2D eigenvalue weighted by Crippen LogP contribution is -2.48. The Morgan fingerprint density at radius 1 is 1.08 bits per heavy atom. The molecule has 0 unspecified atom stereocenters. The van der Waals surface area contributed by atoms with Gasteiger partial charge >= 0.3 is 0 Å². The number of carbonyl (C=O) groups excluding carboxylic acids is 1. The SMILES string of the molecule is CC(C)(C)NC(=S)NC(=O)c1cccc(OCCc2ccccc2)c1. The van der Waals surface area contributed by atoms with Crippen molar-refractivity contribution >= 4 is 23.2 Å². The largest absolute Gasteiger partial charge is 0.493 e. The molecule has 0 heterocycles. The van der Waals surface area contributed by atoms with E-state index < -0.39 is 0 Å². The summed E-state index contributed by atoms with van der Waals surface area (Å²) in [5.41, 5.74) is 1.53. The Bertz CT molecular complexity index is 724. The highest BCUT2D eigenvalue weighted by Gasteiger charge is 2.14. The molecule has 0 saturated carbocycles. The summed E-state index contributed by atoms with van der Waals surface area (Å²) in [5, 5.41) is 6.06. The Kier molecular flexibility index (Phi) is 6.53. The van der Waals surface area contributed by atoms with Gasteiger partial charge in [-0.25, -0.2) is 0 Å². The summed E-state index contributed by atoms with van der Waals surface area (Å²) in [5.74, 6) is 0.411. The number of thiocarbonyl (C=S) groups is 1. The Balaban J connectivity index is 1.89. The summed E-state index contributed by atoms with van der Waals surface area (Å²) in [6.45, 7) is 6.49. The zero-order valence-electron chi connectivity index (χ0n) is 14.8. The fraction of sp³-hybridized carbons (Fsp3) is 0.300. The number of hydrogen-bond acceptors (Lipinski definition) is 3. The van der Waals surface area contributed by atoms with E-state index in [0.717, 1.165) is 6.42 Å². The summed E-state index contributed by atoms with van der Waals surface area (Å²) in [6, 6.07) is 17.2. The fourth-order valence-electron chi connectivity index (χ4n) is 2.21. The van der Waals surface area contributed by atoms with E-state index in [1.54, 1.807) is 18.2 Å². The minimum atomic E-state index is -0.254. The number of nitrogens with one attached hydrogen (secondary N) is 2. The average molecular weight is 356 g/mol. The zero-order chi connectivity index (χ0) is 18.3. The molecule has 25 heavy (non-hydrogen) atoms. The number of hydrogen-bond donors (Lipinski definition) is 2. The van der Waals surface area contributed by atoms with E-state index in [9.17, 15) is 4.79 Å². The smallest absolute Gasteiger partial charge is 0.257 e. The Morgan fingerprint density at radius 2 is 1.80 bits per heavy atom. The van der Waals surface area contributed by atoms with E-state index in [2.05, 4.69) is 22.8 Å². The van der Waals surface area contributed by atoms with Crippen molar-refractivity contribution < 1.29 is 9.53 Å². The van der Waals surface area contributed by atoms with E-state index in [1.807, 2.05) is 45.0 Å². The van der Waals surface area contributed by atoms with Crippen molar-refractivity contribution in [3.63, 3.8) is 0 Å². The van der Waals surface area contributed by atoms with Crippen LogP contribution in [0.15, 0.2) is 54.6 Å². The van der Waals surface area contributed by atoms with Gasteiger partial charge in [0.1, 0.15) is 5.75 Å². The minimum Gasteiger partial charge on any atom is -0.493 e. The van der Waals surface area contributed by atoms with Gasteiger partial charge in [-0.05, 0) is 56.8 Å². The Morgan fingerprint density at radius 3 is 2.48 bits per heavy atom. The standard InChI is InChI=1S/C20H24N2O2S/c1-20(2,3)22-19(25)21-18(23)16-10-7-11-17(14-16)24-13-12-15-8-5-4-6-9-15/h4-11,14H,12-13H2,1-3H3,(H2,21,22,23,25). The van der Waals surface area contributed by atoms with Crippen LogP contribution in [0.5, 0.6) is 5.75 Å². The normalized spacial score (nSPS) is 10.8. The highest BCUT2D eigenvalue weighted by atomic mass is 32.1. The van der Waals surface area contributed by atoms with Crippen LogP contribution in [0.3, 0.4) is 0 Å². The van der Waals surface area contributed by atoms with Gasteiger partial charge in [-0.2, -0.15) is 0 Å². The highest BCUT2D eigenvalue weighted by molar-refractivity contribution is 7.80. The van der Waals surface area contributed by atoms with E-state index in [4.69, 9.17) is 17.0 Å². The van der Waals surface area contributed by atoms with Gasteiger partial charge < -0.3 is 10.1 Å². The highest BCUT2D eigenvalue weighted by Crippen LogP contribution is 2.14. The van der Waals surface area contributed by atoms with Crippen LogP contribution in [0.1, 0.15) is 36.7 Å². The molecule has 4 nitrogen and oxygen atoms in total. The van der Waals surface area contributed by atoms with Crippen molar-refractivity contribution in [1.82, 2.24) is 10.6 Å². The third-order valence-corrected chi connectivity index (χ3v) is 3.52. The molecule has 0 aromatic heterocycles. The number of rotatable bonds is 5. The maximum atomic E-state index is 12.3. The molecule has 1 amide bonds. The van der Waals surface area contributed by atoms with Gasteiger partial charge in [0.15, 0.2) is 5.11 Å². The summed E-state index contributed by atoms with van der Waals surface area (Å²) < 4.78 is 5.76. The van der Waals surface area contributed by atoms with Crippen LogP contribution in [0.2, 0.25) is 0 Å². The van der Waals surface area contributed by atoms with Crippen LogP contribution >= 0.6 is 12.2 Å². The molecule has 132 valence electrons. The predicted octanol–water partition coefficient (Wildman–Crippen LogP) is 3.71. The Labute approximate surface area is 154 Å². The lowest BCUT2D eigenvalue weighted by atomic mass is 10.1. The first-order valence-electron chi connectivity index (χ1n) is 8.24. The van der Waals surface area contributed by atoms with Crippen LogP contribution < -0.4 is 15.4 Å². The van der Waals surface area contributed by atoms with Gasteiger partial charge in [0.2, 0.25) is 0 Å². The second-order valence-corrected chi connectivity index (χ2v) is 7.18. The van der Waals surface area contributed by atoms with E-state index >= 15 is 0 Å². The number of benzene rings is 2. The van der Waals surface area contributed by atoms with Crippen molar-refractivity contribution in [2.24, 2.45) is 0 Å². The summed E-state index contributed by atoms with van der Waals surface area (Å²) in [6.07, 6.45) is 0.816. The van der Waals surface area contributed by atoms with Crippen LogP contribution in [-0.4, -0.2) is 23.2 Å². The summed E-state index contributed by atoms with van der Waals surface area (Å²) in [7, 11) is 0. The number of carbonyl (C=O) groups is 1. The van der Waals surface area contributed by atoms with Crippen molar-refractivity contribution in [1.29, 1.82) is 0 Å². The number of amides is 1. The lowest BCUT2D eigenvalue weighted by molar-refractivity contribution is 0.0976. The lowest BCUT2D eigenvalue weighted by Gasteiger charge is -2.22. The van der Waals surface area contributed by atoms with Crippen LogP contribution in [0, 0.1) is 0 Å². The molecule has 0 aliphatic heterocycles. The van der Waals surface area contributed by atoms with Gasteiger partial charge in [0.05, 0.1) is 6.61 Å². The molecule has 0 spiro atoms. The maximum Gasteiger partial charge on any atom is 0.257 e. The number of ether oxygens (including phenoxy) is 1. The third-order valence-electron chi connectivity index (χ3n) is 3.31. The first kappa shape index (κ1) is 18.9. The van der Waals surface area contributed by atoms with Crippen LogP contribution in [0.4, 0.5) is 0 Å². The van der Waals surface area contributed by atoms with Gasteiger partial charge in [0, 0.05) is 17.5 Å². The second-order valence-electron chi connectivity index (χ2n) is 6.77. The van der Waals surface area contributed by atoms with E-state index in [-0.39, 0.29) is 11.4 Å². The van der Waals surface area contributed by atoms with Gasteiger partial charge in [-0.3, -0.25) is 10.1 Å². The minimum absolute atomic E-state index is 0.202. The Hall–Kier alpha value is -2.40. The molecule has 0 radical (unpaired) electrons. The van der Waals surface area contributed by atoms with E-state index in [0.29, 0.717) is 23.0 Å². The average Bonchev–Trinajstić information content (AvgIpc) is 2.54. The molecule has 0 fully saturated rings. The molecule has 0 aliphatic carbocycles. The first-order valence-corrected chi connectivity index (χ1v) is 8.64. The second kappa shape index (κ2) is 8.62. The first-order chi connectivity index (χ1) is 11.8. The monoisotopic (exact) mass is 356 g/mol. The molecule has 2 aromatic carbocycles. The van der Waals surface area contributed by atoms with Gasteiger partial charge in [-0.1, -0.05) is 36.4 Å². The maximum absolute atomic E-state index is 12.3. The van der Waals surface area contributed by atoms with Crippen molar-refractivity contribution in [3.05, 3.63) is 65.7 Å². The van der Waals surface area contributed by atoms with Gasteiger partial charge in [0.25, 0.3) is 5.91 Å². The molecule has 0 bridgehead atoms. The van der Waals surface area contributed by atoms with Crippen molar-refractivity contribution in [3.8, 4) is 5.75 Å². The molecule has 2 aromatic rings. The molecule has 0 atom stereocenters. The predicted molar refractivity (Wildman–Crippen MR) is 105 cm³/mol. The molecule has 2 rings (SSSR count). The van der Waals surface area contributed by atoms with Gasteiger partial charge in [-0.15, -0.1) is 0 Å². The van der Waals surface area contributed by atoms with Crippen LogP contribution in [0.25, 0.3) is 0 Å². The summed E-state index contributed by atoms with van der Waals surface area (Å²) in [4.78, 5) is 12.3.